The molecule has 26 nitrogen and oxygen atoms in total. The molecule has 0 saturated heterocycles. The lowest BCUT2D eigenvalue weighted by atomic mass is 10.0. The van der Waals surface area contributed by atoms with Gasteiger partial charge in [0.1, 0.15) is 70.0 Å². The SMILES string of the molecule is CC(C)Cc1nc(-c2ccc3[nH]nc(-c4cc(F)cc(F)c4)c3c2)n[nH]1.COc1ccc(-c2n[nH]c3ccc(-c4n[nH]c(CC(C)C)n4)cc23)cc1F.Cc1cc(-c2n[nH]c3ccc(-c4n[nH]c(CC(C)C)n4)cc23)ccc1Cl.Cc1cc(-c2n[nH]c3ccc(-c4ncn[nH]4)cc23)ccc1F.Cc1ccc(-c2n[nH]c3ccc(-c4n[nH]c(CC(C)C)n4)cc23)cc1F. The minimum atomic E-state index is -0.639. The largest absolute Gasteiger partial charge is 0.494 e. The highest BCUT2D eigenvalue weighted by Gasteiger charge is 2.22. The Bertz CT molecular complexity index is 7090. The number of benzene rings is 10. The second kappa shape index (κ2) is 37.2. The van der Waals surface area contributed by atoms with Gasteiger partial charge in [0, 0.05) is 119 Å². The number of H-pyrrole nitrogens is 10. The number of nitrogens with one attached hydrogen (secondary N) is 10. The Balaban J connectivity index is 0.000000117. The van der Waals surface area contributed by atoms with Gasteiger partial charge in [-0.15, -0.1) is 0 Å². The molecule has 10 heterocycles. The second-order valence-electron chi connectivity index (χ2n) is 32.7. The van der Waals surface area contributed by atoms with Gasteiger partial charge < -0.3 is 4.74 Å². The highest BCUT2D eigenvalue weighted by Crippen LogP contribution is 2.38. The molecule has 10 aromatic carbocycles. The van der Waals surface area contributed by atoms with E-state index in [0.29, 0.717) is 86.4 Å². The van der Waals surface area contributed by atoms with E-state index in [4.69, 9.17) is 16.3 Å². The summed E-state index contributed by atoms with van der Waals surface area (Å²) in [7, 11) is 1.44. The molecule has 0 aliphatic heterocycles. The predicted molar refractivity (Wildman–Crippen MR) is 484 cm³/mol. The molecule has 20 aromatic rings. The fraction of sp³-hybridized carbons (Fsp3) is 0.211. The maximum absolute atomic E-state index is 14.1. The van der Waals surface area contributed by atoms with E-state index in [1.165, 1.54) is 43.8 Å². The van der Waals surface area contributed by atoms with Gasteiger partial charge >= 0.3 is 0 Å². The van der Waals surface area contributed by atoms with E-state index < -0.39 is 17.5 Å². The van der Waals surface area contributed by atoms with Gasteiger partial charge in [-0.2, -0.15) is 51.0 Å². The summed E-state index contributed by atoms with van der Waals surface area (Å²) in [5, 5.41) is 78.1. The van der Waals surface area contributed by atoms with Crippen molar-refractivity contribution in [2.45, 2.75) is 102 Å². The molecule has 0 saturated carbocycles. The molecular formula is C95H89ClF5N25O. The predicted octanol–water partition coefficient (Wildman–Crippen LogP) is 22.2. The van der Waals surface area contributed by atoms with Crippen molar-refractivity contribution in [1.82, 2.24) is 127 Å². The second-order valence-corrected chi connectivity index (χ2v) is 33.1. The highest BCUT2D eigenvalue weighted by molar-refractivity contribution is 6.31. The van der Waals surface area contributed by atoms with E-state index in [2.05, 4.69) is 194 Å². The number of methoxy groups -OCH3 is 1. The lowest BCUT2D eigenvalue weighted by molar-refractivity contribution is 0.386. The van der Waals surface area contributed by atoms with Crippen molar-refractivity contribution in [1.29, 1.82) is 0 Å². The standard InChI is InChI=1S/C20H20ClN5.C20H20FN5O.C20H20FN5.C19H17F2N5.C16H12FN5/c1-11(2)8-18-22-20(26-24-18)14-5-7-17-15(10-14)19(25-23-17)13-4-6-16(21)12(3)9-13;1-11(2)8-18-22-20(26-24-18)13-4-6-16-14(9-13)19(25-23-16)12-5-7-17(27-3)15(21)10-12;1-11(2)8-18-22-20(26-24-18)14-6-7-17-15(9-14)19(25-23-17)13-5-4-12(3)16(21)10-13;1-10(2)5-17-22-19(26-24-17)11-3-4-16-15(8-11)18(25-23-16)12-6-13(20)9-14(21)7-12;1-9-6-10(2-4-13(9)17)15-12-7-11(16-18-8-19-22-16)3-5-14(12)20-21-15/h4-7,9-11H,8H2,1-3H3,(H,23,25)(H,22,24,26);4-7,9-11H,8H2,1-3H3,(H,23,25)(H,22,24,26);4-7,9-11H,8H2,1-3H3,(H,23,25)(H,22,24,26);3-4,6-10H,5H2,1-2H3,(H,23,25)(H,22,24,26);2-8H,1H3,(H,20,21)(H,18,19,22). The molecule has 0 fully saturated rings. The first-order chi connectivity index (χ1) is 61.3. The number of hydrogen-bond acceptors (Lipinski definition) is 16. The van der Waals surface area contributed by atoms with Crippen molar-refractivity contribution in [2.75, 3.05) is 7.11 Å². The molecule has 20 rings (SSSR count). The summed E-state index contributed by atoms with van der Waals surface area (Å²) in [4.78, 5) is 22.5. The van der Waals surface area contributed by atoms with Crippen LogP contribution in [0.15, 0.2) is 188 Å². The number of aromatic nitrogens is 25. The van der Waals surface area contributed by atoms with Crippen LogP contribution in [-0.2, 0) is 25.7 Å². The lowest BCUT2D eigenvalue weighted by Gasteiger charge is -2.04. The maximum atomic E-state index is 14.1. The smallest absolute Gasteiger partial charge is 0.181 e. The molecule has 0 radical (unpaired) electrons. The quantitative estimate of drug-likeness (QED) is 0.0336. The zero-order valence-electron chi connectivity index (χ0n) is 71.4. The number of ether oxygens (including phenoxy) is 1. The van der Waals surface area contributed by atoms with Crippen LogP contribution in [0.1, 0.15) is 95.4 Å². The van der Waals surface area contributed by atoms with Crippen LogP contribution < -0.4 is 4.74 Å². The third-order valence-electron chi connectivity index (χ3n) is 20.9. The van der Waals surface area contributed by atoms with Crippen molar-refractivity contribution in [2.24, 2.45) is 23.7 Å². The minimum absolute atomic E-state index is 0.206. The van der Waals surface area contributed by atoms with Gasteiger partial charge in [0.2, 0.25) is 0 Å². The Morgan fingerprint density at radius 1 is 0.299 bits per heavy atom. The van der Waals surface area contributed by atoms with Crippen LogP contribution in [0.3, 0.4) is 0 Å². The monoisotopic (exact) mass is 1730 g/mol. The van der Waals surface area contributed by atoms with Crippen LogP contribution in [0.5, 0.6) is 5.75 Å². The summed E-state index contributed by atoms with van der Waals surface area (Å²) < 4.78 is 73.6. The third kappa shape index (κ3) is 19.5. The minimum Gasteiger partial charge on any atom is -0.494 e. The topological polar surface area (TPSA) is 360 Å². The van der Waals surface area contributed by atoms with E-state index >= 15 is 0 Å². The van der Waals surface area contributed by atoms with Gasteiger partial charge in [-0.05, 0) is 219 Å². The van der Waals surface area contributed by atoms with Crippen LogP contribution in [0.4, 0.5) is 22.0 Å². The molecule has 0 atom stereocenters. The number of aryl methyl sites for hydroxylation is 3. The first kappa shape index (κ1) is 85.5. The van der Waals surface area contributed by atoms with E-state index in [1.54, 1.807) is 44.2 Å². The molecule has 0 unspecified atom stereocenters. The zero-order chi connectivity index (χ0) is 88.8. The molecule has 0 aliphatic rings. The van der Waals surface area contributed by atoms with E-state index in [1.807, 2.05) is 110 Å². The zero-order valence-corrected chi connectivity index (χ0v) is 72.2. The Morgan fingerprint density at radius 2 is 0.630 bits per heavy atom. The highest BCUT2D eigenvalue weighted by atomic mass is 35.5. The van der Waals surface area contributed by atoms with Crippen molar-refractivity contribution in [3.63, 3.8) is 0 Å². The Hall–Kier alpha value is -15.0. The summed E-state index contributed by atoms with van der Waals surface area (Å²) in [6.45, 7) is 22.6. The molecule has 127 heavy (non-hydrogen) atoms. The summed E-state index contributed by atoms with van der Waals surface area (Å²) in [6.07, 6.45) is 4.87. The molecule has 0 aliphatic carbocycles. The van der Waals surface area contributed by atoms with Gasteiger partial charge in [0.25, 0.3) is 0 Å². The van der Waals surface area contributed by atoms with Crippen LogP contribution >= 0.6 is 11.6 Å². The van der Waals surface area contributed by atoms with Crippen LogP contribution in [0.2, 0.25) is 5.02 Å². The Labute approximate surface area is 729 Å². The van der Waals surface area contributed by atoms with Gasteiger partial charge in [-0.25, -0.2) is 46.9 Å². The number of fused-ring (bicyclic) bond motifs is 5. The normalized spacial score (nSPS) is 11.5. The summed E-state index contributed by atoms with van der Waals surface area (Å²) in [5.74, 6) is 6.84. The lowest BCUT2D eigenvalue weighted by Crippen LogP contribution is -1.95. The van der Waals surface area contributed by atoms with Crippen molar-refractivity contribution in [3.05, 3.63) is 262 Å². The van der Waals surface area contributed by atoms with Gasteiger partial charge in [0.05, 0.1) is 46.1 Å². The number of rotatable bonds is 19. The number of hydrogen-bond donors (Lipinski definition) is 10. The first-order valence-corrected chi connectivity index (χ1v) is 41.7. The number of nitrogens with zero attached hydrogens (tertiary/aromatic N) is 15. The fourth-order valence-corrected chi connectivity index (χ4v) is 14.8. The number of aromatic amines is 10. The van der Waals surface area contributed by atoms with E-state index in [9.17, 15) is 22.0 Å². The molecular weight excluding hydrogens is 1640 g/mol. The van der Waals surface area contributed by atoms with Crippen LogP contribution in [0, 0.1) is 73.5 Å². The van der Waals surface area contributed by atoms with Gasteiger partial charge in [0.15, 0.2) is 40.7 Å². The first-order valence-electron chi connectivity index (χ1n) is 41.3. The van der Waals surface area contributed by atoms with E-state index in [-0.39, 0.29) is 17.4 Å². The van der Waals surface area contributed by atoms with Crippen molar-refractivity contribution < 1.29 is 26.7 Å². The fourth-order valence-electron chi connectivity index (χ4n) is 14.7. The molecule has 0 amide bonds. The summed E-state index contributed by atoms with van der Waals surface area (Å²) >= 11 is 6.16. The van der Waals surface area contributed by atoms with Gasteiger partial charge in [-0.3, -0.25) is 51.0 Å². The molecule has 0 spiro atoms. The average Bonchev–Trinajstić information content (AvgIpc) is 1.67. The summed E-state index contributed by atoms with van der Waals surface area (Å²) in [5.41, 5.74) is 18.4. The van der Waals surface area contributed by atoms with Gasteiger partial charge in [-0.1, -0.05) is 85.2 Å². The molecule has 32 heteroatoms. The molecule has 0 bridgehead atoms. The summed E-state index contributed by atoms with van der Waals surface area (Å²) in [6, 6.07) is 53.7. The Kier molecular flexibility index (Phi) is 25.1. The molecule has 642 valence electrons. The third-order valence-corrected chi connectivity index (χ3v) is 21.4. The Morgan fingerprint density at radius 3 is 0.976 bits per heavy atom. The van der Waals surface area contributed by atoms with Crippen molar-refractivity contribution >= 4 is 66.1 Å². The maximum Gasteiger partial charge on any atom is 0.181 e. The van der Waals surface area contributed by atoms with E-state index in [0.717, 1.165) is 182 Å². The average molecular weight is 1730 g/mol. The van der Waals surface area contributed by atoms with Crippen LogP contribution in [-0.4, -0.2) is 134 Å². The van der Waals surface area contributed by atoms with Crippen LogP contribution in [0.25, 0.3) is 168 Å². The number of halogens is 6. The van der Waals surface area contributed by atoms with Crippen molar-refractivity contribution in [3.8, 4) is 119 Å². The molecule has 10 N–H and O–H groups in total. The molecule has 10 aromatic heterocycles.